The molecule has 1 rings (SSSR count). The van der Waals surface area contributed by atoms with Crippen LogP contribution < -0.4 is 5.32 Å². The molecule has 0 bridgehead atoms. The van der Waals surface area contributed by atoms with Crippen LogP contribution in [-0.2, 0) is 0 Å². The van der Waals surface area contributed by atoms with Crippen LogP contribution in [0.4, 0.5) is 0 Å². The molecule has 1 aliphatic rings. The highest BCUT2D eigenvalue weighted by atomic mass is 32.2. The summed E-state index contributed by atoms with van der Waals surface area (Å²) in [7, 11) is 0. The molecule has 1 fully saturated rings. The van der Waals surface area contributed by atoms with Gasteiger partial charge in [0.2, 0.25) is 0 Å². The van der Waals surface area contributed by atoms with Gasteiger partial charge in [-0.3, -0.25) is 0 Å². The minimum absolute atomic E-state index is 0.795. The van der Waals surface area contributed by atoms with Crippen molar-refractivity contribution in [2.75, 3.05) is 38.2 Å². The largest absolute Gasteiger partial charge is 0.314 e. The number of piperidine rings is 1. The maximum absolute atomic E-state index is 3.73. The molecule has 1 aliphatic heterocycles. The fraction of sp³-hybridized carbons (Fsp3) is 1.00. The number of unbranched alkanes of at least 4 members (excludes halogenated alkanes) is 2. The molecule has 0 radical (unpaired) electrons. The lowest BCUT2D eigenvalue weighted by Crippen LogP contribution is -2.42. The molecule has 2 nitrogen and oxygen atoms in total. The van der Waals surface area contributed by atoms with E-state index in [0.29, 0.717) is 0 Å². The molecule has 102 valence electrons. The van der Waals surface area contributed by atoms with E-state index in [1.807, 2.05) is 11.8 Å². The summed E-state index contributed by atoms with van der Waals surface area (Å²) in [4.78, 5) is 2.61. The van der Waals surface area contributed by atoms with Gasteiger partial charge in [-0.1, -0.05) is 13.3 Å². The zero-order chi connectivity index (χ0) is 12.3. The Balaban J connectivity index is 1.91. The molecule has 0 aliphatic carbocycles. The minimum Gasteiger partial charge on any atom is -0.314 e. The molecule has 3 heteroatoms. The van der Waals surface area contributed by atoms with Gasteiger partial charge in [-0.05, 0) is 70.3 Å². The van der Waals surface area contributed by atoms with Crippen molar-refractivity contribution in [3.8, 4) is 0 Å². The summed E-state index contributed by atoms with van der Waals surface area (Å²) in [6, 6.07) is 0.795. The molecule has 1 N–H and O–H groups in total. The number of nitrogens with one attached hydrogen (secondary N) is 1. The van der Waals surface area contributed by atoms with E-state index in [2.05, 4.69) is 23.4 Å². The highest BCUT2D eigenvalue weighted by Crippen LogP contribution is 2.10. The second-order valence-electron chi connectivity index (χ2n) is 5.12. The molecule has 0 unspecified atom stereocenters. The number of likely N-dealkylation sites (tertiary alicyclic amines) is 1. The lowest BCUT2D eigenvalue weighted by Gasteiger charge is -2.32. The van der Waals surface area contributed by atoms with Gasteiger partial charge in [-0.15, -0.1) is 0 Å². The first-order chi connectivity index (χ1) is 8.36. The highest BCUT2D eigenvalue weighted by molar-refractivity contribution is 7.98. The quantitative estimate of drug-likeness (QED) is 0.640. The first kappa shape index (κ1) is 15.3. The van der Waals surface area contributed by atoms with Crippen LogP contribution in [-0.4, -0.2) is 49.1 Å². The van der Waals surface area contributed by atoms with Crippen LogP contribution in [0.2, 0.25) is 0 Å². The standard InChI is InChI=1S/C14H30N2S/c1-3-10-16-11-7-14(8-12-16)15-9-5-4-6-13-17-2/h14-15H,3-13H2,1-2H3. The summed E-state index contributed by atoms with van der Waals surface area (Å²) in [5, 5.41) is 3.73. The summed E-state index contributed by atoms with van der Waals surface area (Å²) in [6.45, 7) is 7.41. The second-order valence-corrected chi connectivity index (χ2v) is 6.11. The Morgan fingerprint density at radius 2 is 1.94 bits per heavy atom. The van der Waals surface area contributed by atoms with Crippen LogP contribution in [0.25, 0.3) is 0 Å². The number of hydrogen-bond acceptors (Lipinski definition) is 3. The number of nitrogens with zero attached hydrogens (tertiary/aromatic N) is 1. The monoisotopic (exact) mass is 258 g/mol. The van der Waals surface area contributed by atoms with Gasteiger partial charge >= 0.3 is 0 Å². The Morgan fingerprint density at radius 3 is 2.59 bits per heavy atom. The van der Waals surface area contributed by atoms with Gasteiger partial charge in [0.05, 0.1) is 0 Å². The molecule has 1 heterocycles. The Bertz CT molecular complexity index is 168. The lowest BCUT2D eigenvalue weighted by molar-refractivity contribution is 0.198. The lowest BCUT2D eigenvalue weighted by atomic mass is 10.0. The van der Waals surface area contributed by atoms with E-state index in [9.17, 15) is 0 Å². The average Bonchev–Trinajstić information content (AvgIpc) is 2.36. The Labute approximate surface area is 112 Å². The van der Waals surface area contributed by atoms with Crippen molar-refractivity contribution < 1.29 is 0 Å². The number of rotatable bonds is 9. The smallest absolute Gasteiger partial charge is 0.00914 e. The van der Waals surface area contributed by atoms with E-state index in [1.54, 1.807) is 0 Å². The van der Waals surface area contributed by atoms with Gasteiger partial charge < -0.3 is 10.2 Å². The molecular weight excluding hydrogens is 228 g/mol. The third kappa shape index (κ3) is 7.32. The topological polar surface area (TPSA) is 15.3 Å². The van der Waals surface area contributed by atoms with E-state index in [0.717, 1.165) is 6.04 Å². The molecule has 0 atom stereocenters. The highest BCUT2D eigenvalue weighted by Gasteiger charge is 2.17. The van der Waals surface area contributed by atoms with Gasteiger partial charge in [0, 0.05) is 6.04 Å². The van der Waals surface area contributed by atoms with Gasteiger partial charge in [0.1, 0.15) is 0 Å². The van der Waals surface area contributed by atoms with Gasteiger partial charge in [-0.2, -0.15) is 11.8 Å². The molecule has 0 aromatic carbocycles. The van der Waals surface area contributed by atoms with Gasteiger partial charge in [0.15, 0.2) is 0 Å². The SMILES string of the molecule is CCCN1CCC(NCCCCCSC)CC1. The van der Waals surface area contributed by atoms with E-state index in [4.69, 9.17) is 0 Å². The van der Waals surface area contributed by atoms with Crippen LogP contribution in [0, 0.1) is 0 Å². The van der Waals surface area contributed by atoms with Crippen LogP contribution >= 0.6 is 11.8 Å². The summed E-state index contributed by atoms with van der Waals surface area (Å²) >= 11 is 1.97. The van der Waals surface area contributed by atoms with Crippen molar-refractivity contribution in [1.29, 1.82) is 0 Å². The normalized spacial score (nSPS) is 18.7. The Morgan fingerprint density at radius 1 is 1.18 bits per heavy atom. The first-order valence-electron chi connectivity index (χ1n) is 7.31. The summed E-state index contributed by atoms with van der Waals surface area (Å²) in [5.74, 6) is 1.33. The first-order valence-corrected chi connectivity index (χ1v) is 8.71. The summed E-state index contributed by atoms with van der Waals surface area (Å²) in [6.07, 6.45) is 10.3. The van der Waals surface area contributed by atoms with Crippen molar-refractivity contribution >= 4 is 11.8 Å². The molecule has 0 spiro atoms. The Hall–Kier alpha value is 0.270. The van der Waals surface area contributed by atoms with E-state index < -0.39 is 0 Å². The van der Waals surface area contributed by atoms with Crippen molar-refractivity contribution in [2.45, 2.75) is 51.5 Å². The van der Waals surface area contributed by atoms with Crippen molar-refractivity contribution in [3.05, 3.63) is 0 Å². The van der Waals surface area contributed by atoms with Crippen molar-refractivity contribution in [3.63, 3.8) is 0 Å². The molecule has 0 amide bonds. The van der Waals surface area contributed by atoms with E-state index >= 15 is 0 Å². The van der Waals surface area contributed by atoms with E-state index in [-0.39, 0.29) is 0 Å². The molecule has 0 aromatic rings. The van der Waals surface area contributed by atoms with E-state index in [1.165, 1.54) is 70.5 Å². The van der Waals surface area contributed by atoms with Crippen LogP contribution in [0.15, 0.2) is 0 Å². The van der Waals surface area contributed by atoms with Crippen LogP contribution in [0.3, 0.4) is 0 Å². The van der Waals surface area contributed by atoms with Crippen molar-refractivity contribution in [2.24, 2.45) is 0 Å². The minimum atomic E-state index is 0.795. The summed E-state index contributed by atoms with van der Waals surface area (Å²) in [5.41, 5.74) is 0. The predicted molar refractivity (Wildman–Crippen MR) is 80.0 cm³/mol. The third-order valence-electron chi connectivity index (χ3n) is 3.59. The zero-order valence-electron chi connectivity index (χ0n) is 11.7. The van der Waals surface area contributed by atoms with Crippen molar-refractivity contribution in [1.82, 2.24) is 10.2 Å². The molecule has 0 aromatic heterocycles. The second kappa shape index (κ2) is 10.2. The molecule has 0 saturated carbocycles. The fourth-order valence-corrected chi connectivity index (χ4v) is 3.02. The molecule has 1 saturated heterocycles. The zero-order valence-corrected chi connectivity index (χ0v) is 12.5. The maximum Gasteiger partial charge on any atom is 0.00914 e. The third-order valence-corrected chi connectivity index (χ3v) is 4.28. The summed E-state index contributed by atoms with van der Waals surface area (Å²) < 4.78 is 0. The van der Waals surface area contributed by atoms with Crippen LogP contribution in [0.5, 0.6) is 0 Å². The number of thioether (sulfide) groups is 1. The van der Waals surface area contributed by atoms with Gasteiger partial charge in [0.25, 0.3) is 0 Å². The fourth-order valence-electron chi connectivity index (χ4n) is 2.53. The molecule has 17 heavy (non-hydrogen) atoms. The predicted octanol–water partition coefficient (Wildman–Crippen LogP) is 2.98. The Kier molecular flexibility index (Phi) is 9.21. The molecular formula is C14H30N2S. The van der Waals surface area contributed by atoms with Crippen LogP contribution in [0.1, 0.15) is 45.4 Å². The van der Waals surface area contributed by atoms with Gasteiger partial charge in [-0.25, -0.2) is 0 Å². The average molecular weight is 258 g/mol. The number of hydrogen-bond donors (Lipinski definition) is 1. The maximum atomic E-state index is 3.73.